The van der Waals surface area contributed by atoms with Crippen LogP contribution in [0.3, 0.4) is 0 Å². The molecule has 6 nitrogen and oxygen atoms in total. The van der Waals surface area contributed by atoms with Gasteiger partial charge in [-0.2, -0.15) is 0 Å². The van der Waals surface area contributed by atoms with Crippen LogP contribution in [0.15, 0.2) is 30.3 Å². The van der Waals surface area contributed by atoms with Gasteiger partial charge in [0.05, 0.1) is 6.10 Å². The summed E-state index contributed by atoms with van der Waals surface area (Å²) in [6, 6.07) is 8.80. The molecule has 1 fully saturated rings. The van der Waals surface area contributed by atoms with Gasteiger partial charge in [-0.3, -0.25) is 9.59 Å². The van der Waals surface area contributed by atoms with Gasteiger partial charge in [-0.1, -0.05) is 76.3 Å². The van der Waals surface area contributed by atoms with Gasteiger partial charge in [-0.25, -0.2) is 0 Å². The molecule has 0 unspecified atom stereocenters. The van der Waals surface area contributed by atoms with Gasteiger partial charge in [-0.15, -0.1) is 0 Å². The molecule has 0 spiro atoms. The molecule has 186 valence electrons. The van der Waals surface area contributed by atoms with Crippen molar-refractivity contribution in [3.8, 4) is 0 Å². The van der Waals surface area contributed by atoms with Gasteiger partial charge >= 0.3 is 11.9 Å². The molecule has 1 aromatic carbocycles. The maximum Gasteiger partial charge on any atom is 0.324 e. The fourth-order valence-electron chi connectivity index (χ4n) is 4.62. The lowest BCUT2D eigenvalue weighted by Gasteiger charge is -2.38. The van der Waals surface area contributed by atoms with Crippen LogP contribution in [0, 0.1) is 17.3 Å². The van der Waals surface area contributed by atoms with Crippen LogP contribution in [0.1, 0.15) is 85.1 Å². The van der Waals surface area contributed by atoms with Gasteiger partial charge in [0.15, 0.2) is 5.41 Å². The maximum absolute atomic E-state index is 13.5. The van der Waals surface area contributed by atoms with Crippen molar-refractivity contribution in [2.24, 2.45) is 23.0 Å². The maximum atomic E-state index is 13.5. The zero-order valence-electron chi connectivity index (χ0n) is 21.0. The van der Waals surface area contributed by atoms with Crippen molar-refractivity contribution in [3.05, 3.63) is 35.9 Å². The summed E-state index contributed by atoms with van der Waals surface area (Å²) < 4.78 is 11.3. The Morgan fingerprint density at radius 2 is 1.67 bits per heavy atom. The minimum absolute atomic E-state index is 0.0428. The summed E-state index contributed by atoms with van der Waals surface area (Å²) in [5.74, 6) is -1.33. The van der Waals surface area contributed by atoms with E-state index in [1.807, 2.05) is 30.3 Å². The van der Waals surface area contributed by atoms with E-state index in [-0.39, 0.29) is 13.0 Å². The molecule has 1 aromatic rings. The first-order chi connectivity index (χ1) is 15.5. The van der Waals surface area contributed by atoms with Crippen LogP contribution < -0.4 is 5.73 Å². The van der Waals surface area contributed by atoms with Crippen LogP contribution >= 0.6 is 0 Å². The van der Waals surface area contributed by atoms with Gasteiger partial charge in [-0.05, 0) is 44.6 Å². The topological polar surface area (TPSA) is 98.9 Å². The number of benzene rings is 1. The third-order valence-corrected chi connectivity index (χ3v) is 6.68. The molecule has 0 bridgehead atoms. The summed E-state index contributed by atoms with van der Waals surface area (Å²) in [5.41, 5.74) is 4.78. The molecule has 1 saturated carbocycles. The lowest BCUT2D eigenvalue weighted by Crippen LogP contribution is -2.52. The predicted octanol–water partition coefficient (Wildman–Crippen LogP) is 4.76. The molecule has 0 aromatic heterocycles. The average Bonchev–Trinajstić information content (AvgIpc) is 2.75. The number of carbonyl (C=O) groups is 2. The van der Waals surface area contributed by atoms with E-state index in [4.69, 9.17) is 15.2 Å². The zero-order valence-corrected chi connectivity index (χ0v) is 21.0. The van der Waals surface area contributed by atoms with Gasteiger partial charge in [0, 0.05) is 12.5 Å². The quantitative estimate of drug-likeness (QED) is 0.385. The molecule has 3 atom stereocenters. The predicted molar refractivity (Wildman–Crippen MR) is 129 cm³/mol. The Hall–Kier alpha value is -1.92. The first-order valence-corrected chi connectivity index (χ1v) is 12.3. The number of nitrogens with two attached hydrogens (primary N) is 1. The van der Waals surface area contributed by atoms with Crippen LogP contribution in [0.25, 0.3) is 0 Å². The van der Waals surface area contributed by atoms with Crippen LogP contribution in [-0.2, 0) is 25.7 Å². The highest BCUT2D eigenvalue weighted by Gasteiger charge is 2.54. The van der Waals surface area contributed by atoms with Crippen molar-refractivity contribution in [1.82, 2.24) is 0 Å². The SMILES string of the molecule is CC(C)[C@@](C[C@H](O)[C@@H](N)CC1CCCCC1)(C(=O)OCc1ccccc1)C(=O)OC(C)(C)C. The van der Waals surface area contributed by atoms with E-state index in [1.54, 1.807) is 34.6 Å². The molecule has 3 N–H and O–H groups in total. The van der Waals surface area contributed by atoms with Crippen molar-refractivity contribution >= 4 is 11.9 Å². The average molecular weight is 462 g/mol. The molecule has 0 radical (unpaired) electrons. The van der Waals surface area contributed by atoms with Gasteiger partial charge in [0.1, 0.15) is 12.2 Å². The number of aliphatic hydroxyl groups excluding tert-OH is 1. The molecule has 0 aliphatic heterocycles. The Bertz CT molecular complexity index is 752. The Morgan fingerprint density at radius 3 is 2.21 bits per heavy atom. The van der Waals surface area contributed by atoms with E-state index in [2.05, 4.69) is 0 Å². The standard InChI is InChI=1S/C27H43NO5/c1-19(2)27(25(31)33-26(3,4)5,24(30)32-18-21-14-10-7-11-15-21)17-23(29)22(28)16-20-12-8-6-9-13-20/h7,10-11,14-15,19-20,22-23,29H,6,8-9,12-13,16-18,28H2,1-5H3/t22-,23-,27-/m0/s1. The van der Waals surface area contributed by atoms with Crippen LogP contribution in [0.4, 0.5) is 0 Å². The van der Waals surface area contributed by atoms with Crippen LogP contribution in [-0.4, -0.2) is 34.8 Å². The smallest absolute Gasteiger partial charge is 0.324 e. The largest absolute Gasteiger partial charge is 0.460 e. The Morgan fingerprint density at radius 1 is 1.06 bits per heavy atom. The van der Waals surface area contributed by atoms with E-state index in [0.29, 0.717) is 12.3 Å². The van der Waals surface area contributed by atoms with E-state index in [0.717, 1.165) is 18.4 Å². The van der Waals surface area contributed by atoms with Gasteiger partial charge in [0.25, 0.3) is 0 Å². The molecule has 33 heavy (non-hydrogen) atoms. The van der Waals surface area contributed by atoms with E-state index in [9.17, 15) is 14.7 Å². The first-order valence-electron chi connectivity index (χ1n) is 12.3. The number of aliphatic hydroxyl groups is 1. The van der Waals surface area contributed by atoms with E-state index >= 15 is 0 Å². The first kappa shape index (κ1) is 27.3. The van der Waals surface area contributed by atoms with Crippen molar-refractivity contribution < 1.29 is 24.2 Å². The van der Waals surface area contributed by atoms with Crippen molar-refractivity contribution in [1.29, 1.82) is 0 Å². The lowest BCUT2D eigenvalue weighted by atomic mass is 9.71. The highest BCUT2D eigenvalue weighted by molar-refractivity contribution is 6.00. The van der Waals surface area contributed by atoms with E-state index < -0.39 is 41.0 Å². The molecule has 1 aliphatic carbocycles. The number of rotatable bonds is 10. The number of ether oxygens (including phenoxy) is 2. The summed E-state index contributed by atoms with van der Waals surface area (Å²) in [5, 5.41) is 11.1. The number of esters is 2. The van der Waals surface area contributed by atoms with Gasteiger partial charge < -0.3 is 20.3 Å². The Labute approximate surface area is 199 Å². The molecular formula is C27H43NO5. The molecule has 2 rings (SSSR count). The second kappa shape index (κ2) is 12.0. The van der Waals surface area contributed by atoms with Crippen molar-refractivity contribution in [2.75, 3.05) is 0 Å². The molecule has 0 heterocycles. The monoisotopic (exact) mass is 461 g/mol. The number of hydrogen-bond acceptors (Lipinski definition) is 6. The van der Waals surface area contributed by atoms with Crippen molar-refractivity contribution in [3.63, 3.8) is 0 Å². The second-order valence-electron chi connectivity index (χ2n) is 10.9. The summed E-state index contributed by atoms with van der Waals surface area (Å²) in [7, 11) is 0. The third kappa shape index (κ3) is 7.82. The lowest BCUT2D eigenvalue weighted by molar-refractivity contribution is -0.187. The summed E-state index contributed by atoms with van der Waals surface area (Å²) in [6.45, 7) is 8.89. The molecule has 1 aliphatic rings. The third-order valence-electron chi connectivity index (χ3n) is 6.68. The summed E-state index contributed by atoms with van der Waals surface area (Å²) >= 11 is 0. The van der Waals surface area contributed by atoms with Crippen LogP contribution in [0.2, 0.25) is 0 Å². The fourth-order valence-corrected chi connectivity index (χ4v) is 4.62. The molecule has 6 heteroatoms. The Balaban J connectivity index is 2.24. The normalized spacial score (nSPS) is 18.9. The second-order valence-corrected chi connectivity index (χ2v) is 10.9. The van der Waals surface area contributed by atoms with E-state index in [1.165, 1.54) is 19.3 Å². The van der Waals surface area contributed by atoms with Crippen molar-refractivity contribution in [2.45, 2.75) is 104 Å². The highest BCUT2D eigenvalue weighted by Crippen LogP contribution is 2.39. The highest BCUT2D eigenvalue weighted by atomic mass is 16.6. The fraction of sp³-hybridized carbons (Fsp3) is 0.704. The van der Waals surface area contributed by atoms with Gasteiger partial charge in [0.2, 0.25) is 0 Å². The molecule has 0 saturated heterocycles. The minimum atomic E-state index is -1.65. The summed E-state index contributed by atoms with van der Waals surface area (Å²) in [6.07, 6.45) is 5.38. The Kier molecular flexibility index (Phi) is 9.92. The summed E-state index contributed by atoms with van der Waals surface area (Å²) in [4.78, 5) is 26.9. The minimum Gasteiger partial charge on any atom is -0.460 e. The zero-order chi connectivity index (χ0) is 24.6. The number of hydrogen-bond donors (Lipinski definition) is 2. The van der Waals surface area contributed by atoms with Crippen LogP contribution in [0.5, 0.6) is 0 Å². The number of carbonyl (C=O) groups excluding carboxylic acids is 2. The molecular weight excluding hydrogens is 418 g/mol. The molecule has 0 amide bonds.